The quantitative estimate of drug-likeness (QED) is 0.569. The molecule has 0 fully saturated rings. The number of benzene rings is 1. The van der Waals surface area contributed by atoms with Gasteiger partial charge < -0.3 is 10.1 Å². The molecule has 0 atom stereocenters. The lowest BCUT2D eigenvalue weighted by molar-refractivity contribution is -0.393. The summed E-state index contributed by atoms with van der Waals surface area (Å²) in [4.78, 5) is 24.8. The second kappa shape index (κ2) is 4.45. The predicted octanol–water partition coefficient (Wildman–Crippen LogP) is 1.85. The van der Waals surface area contributed by atoms with Crippen molar-refractivity contribution >= 4 is 17.1 Å². The molecular weight excluding hydrogens is 246 g/mol. The fraction of sp³-hybridized carbons (Fsp3) is 0.0833. The molecule has 7 nitrogen and oxygen atoms in total. The first-order valence-electron chi connectivity index (χ1n) is 5.62. The molecule has 3 rings (SSSR count). The Labute approximate surface area is 107 Å². The van der Waals surface area contributed by atoms with E-state index in [0.717, 1.165) is 5.56 Å². The van der Waals surface area contributed by atoms with E-state index in [9.17, 15) is 10.1 Å². The number of hydrogen-bond acceptors (Lipinski definition) is 5. The van der Waals surface area contributed by atoms with Crippen molar-refractivity contribution in [3.63, 3.8) is 0 Å². The fourth-order valence-corrected chi connectivity index (χ4v) is 1.78. The van der Waals surface area contributed by atoms with Crippen LogP contribution in [0.1, 0.15) is 11.4 Å². The molecule has 0 saturated heterocycles. The summed E-state index contributed by atoms with van der Waals surface area (Å²) in [7, 11) is 0. The second-order valence-corrected chi connectivity index (χ2v) is 4.00. The van der Waals surface area contributed by atoms with E-state index in [4.69, 9.17) is 0 Å². The molecule has 0 aliphatic heterocycles. The van der Waals surface area contributed by atoms with Gasteiger partial charge in [-0.1, -0.05) is 30.3 Å². The third-order valence-electron chi connectivity index (χ3n) is 2.65. The number of hydrogen-bond donors (Lipinski definition) is 1. The maximum atomic E-state index is 10.6. The zero-order chi connectivity index (χ0) is 13.2. The summed E-state index contributed by atoms with van der Waals surface area (Å²) in [5.41, 5.74) is 1.85. The zero-order valence-electron chi connectivity index (χ0n) is 9.78. The van der Waals surface area contributed by atoms with Crippen LogP contribution in [0.3, 0.4) is 0 Å². The summed E-state index contributed by atoms with van der Waals surface area (Å²) < 4.78 is 0. The summed E-state index contributed by atoms with van der Waals surface area (Å²) in [5, 5.41) is 10.6. The van der Waals surface area contributed by atoms with E-state index in [1.54, 1.807) is 0 Å². The highest BCUT2D eigenvalue weighted by Gasteiger charge is 2.15. The lowest BCUT2D eigenvalue weighted by Crippen LogP contribution is -1.96. The molecule has 0 bridgehead atoms. The summed E-state index contributed by atoms with van der Waals surface area (Å²) in [6.45, 7) is 0. The van der Waals surface area contributed by atoms with Crippen molar-refractivity contribution in [2.45, 2.75) is 6.42 Å². The molecule has 0 saturated carbocycles. The van der Waals surface area contributed by atoms with Crippen molar-refractivity contribution in [2.75, 3.05) is 0 Å². The maximum absolute atomic E-state index is 10.6. The Morgan fingerprint density at radius 2 is 2.00 bits per heavy atom. The van der Waals surface area contributed by atoms with Crippen LogP contribution < -0.4 is 0 Å². The molecule has 0 amide bonds. The van der Waals surface area contributed by atoms with Crippen LogP contribution in [0.25, 0.3) is 11.2 Å². The van der Waals surface area contributed by atoms with E-state index >= 15 is 0 Å². The molecule has 0 radical (unpaired) electrons. The minimum Gasteiger partial charge on any atom is -0.390 e. The molecule has 94 valence electrons. The van der Waals surface area contributed by atoms with Gasteiger partial charge in [-0.3, -0.25) is 0 Å². The highest BCUT2D eigenvalue weighted by molar-refractivity contribution is 5.70. The van der Waals surface area contributed by atoms with Gasteiger partial charge >= 0.3 is 5.95 Å². The van der Waals surface area contributed by atoms with E-state index in [-0.39, 0.29) is 5.95 Å². The third-order valence-corrected chi connectivity index (χ3v) is 2.65. The lowest BCUT2D eigenvalue weighted by atomic mass is 10.1. The number of aromatic amines is 1. The Hall–Kier alpha value is -2.83. The Morgan fingerprint density at radius 3 is 2.74 bits per heavy atom. The van der Waals surface area contributed by atoms with Gasteiger partial charge in [-0.2, -0.15) is 4.98 Å². The van der Waals surface area contributed by atoms with Crippen LogP contribution in [0.4, 0.5) is 5.95 Å². The lowest BCUT2D eigenvalue weighted by Gasteiger charge is -1.98. The van der Waals surface area contributed by atoms with Gasteiger partial charge in [-0.05, 0) is 15.5 Å². The number of imidazole rings is 1. The molecule has 2 aromatic heterocycles. The van der Waals surface area contributed by atoms with Gasteiger partial charge in [0.25, 0.3) is 5.65 Å². The molecule has 3 aromatic rings. The van der Waals surface area contributed by atoms with Crippen molar-refractivity contribution < 1.29 is 4.92 Å². The van der Waals surface area contributed by atoms with E-state index < -0.39 is 4.92 Å². The van der Waals surface area contributed by atoms with Gasteiger partial charge in [0.2, 0.25) is 0 Å². The first kappa shape index (κ1) is 11.3. The van der Waals surface area contributed by atoms with Crippen LogP contribution in [-0.2, 0) is 6.42 Å². The molecule has 1 N–H and O–H groups in total. The topological polar surface area (TPSA) is 97.6 Å². The molecular formula is C12H9N5O2. The SMILES string of the molecule is O=[N+]([O-])c1nc2nc(Cc3ccccc3)ncc2[nH]1. The molecule has 0 aliphatic carbocycles. The smallest absolute Gasteiger partial charge is 0.390 e. The van der Waals surface area contributed by atoms with Gasteiger partial charge in [-0.25, -0.2) is 9.97 Å². The van der Waals surface area contributed by atoms with Crippen molar-refractivity contribution in [3.8, 4) is 0 Å². The number of H-pyrrole nitrogens is 1. The van der Waals surface area contributed by atoms with E-state index in [2.05, 4.69) is 19.9 Å². The Balaban J connectivity index is 1.95. The van der Waals surface area contributed by atoms with Crippen LogP contribution >= 0.6 is 0 Å². The molecule has 7 heteroatoms. The Bertz CT molecular complexity index is 738. The van der Waals surface area contributed by atoms with Gasteiger partial charge in [0.1, 0.15) is 5.82 Å². The van der Waals surface area contributed by atoms with Crippen molar-refractivity contribution in [3.05, 3.63) is 58.0 Å². The van der Waals surface area contributed by atoms with E-state index in [1.807, 2.05) is 30.3 Å². The Kier molecular flexibility index (Phi) is 2.64. The minimum atomic E-state index is -0.585. The molecule has 0 unspecified atom stereocenters. The number of aromatic nitrogens is 4. The largest absolute Gasteiger partial charge is 0.435 e. The third kappa shape index (κ3) is 2.25. The molecule has 2 heterocycles. The number of nitro groups is 1. The molecule has 0 spiro atoms. The first-order valence-corrected chi connectivity index (χ1v) is 5.62. The van der Waals surface area contributed by atoms with Crippen molar-refractivity contribution in [1.82, 2.24) is 19.9 Å². The number of fused-ring (bicyclic) bond motifs is 1. The van der Waals surface area contributed by atoms with Gasteiger partial charge in [0.05, 0.1) is 6.20 Å². The van der Waals surface area contributed by atoms with Gasteiger partial charge in [-0.15, -0.1) is 0 Å². The summed E-state index contributed by atoms with van der Waals surface area (Å²) >= 11 is 0. The summed E-state index contributed by atoms with van der Waals surface area (Å²) in [5.74, 6) is 0.265. The van der Waals surface area contributed by atoms with Crippen LogP contribution in [0.5, 0.6) is 0 Å². The number of rotatable bonds is 3. The van der Waals surface area contributed by atoms with Crippen molar-refractivity contribution in [2.24, 2.45) is 0 Å². The van der Waals surface area contributed by atoms with Crippen molar-refractivity contribution in [1.29, 1.82) is 0 Å². The zero-order valence-corrected chi connectivity index (χ0v) is 9.78. The second-order valence-electron chi connectivity index (χ2n) is 4.00. The van der Waals surface area contributed by atoms with Gasteiger partial charge in [0, 0.05) is 6.42 Å². The highest BCUT2D eigenvalue weighted by atomic mass is 16.6. The van der Waals surface area contributed by atoms with E-state index in [0.29, 0.717) is 23.4 Å². The standard InChI is InChI=1S/C12H9N5O2/c18-17(19)12-14-9-7-13-10(15-11(9)16-12)6-8-4-2-1-3-5-8/h1-5,7H,6H2,(H,13,14,15,16). The fourth-order valence-electron chi connectivity index (χ4n) is 1.78. The summed E-state index contributed by atoms with van der Waals surface area (Å²) in [6.07, 6.45) is 2.08. The predicted molar refractivity (Wildman–Crippen MR) is 67.6 cm³/mol. The average Bonchev–Trinajstić information content (AvgIpc) is 2.83. The summed E-state index contributed by atoms with van der Waals surface area (Å²) in [6, 6.07) is 9.76. The number of nitrogens with zero attached hydrogens (tertiary/aromatic N) is 4. The average molecular weight is 255 g/mol. The van der Waals surface area contributed by atoms with Gasteiger partial charge in [0.15, 0.2) is 5.52 Å². The first-order chi connectivity index (χ1) is 9.22. The molecule has 0 aliphatic rings. The molecule has 1 aromatic carbocycles. The normalized spacial score (nSPS) is 10.7. The number of nitrogens with one attached hydrogen (secondary N) is 1. The van der Waals surface area contributed by atoms with Crippen LogP contribution in [-0.4, -0.2) is 24.9 Å². The molecule has 19 heavy (non-hydrogen) atoms. The van der Waals surface area contributed by atoms with Crippen LogP contribution in [0, 0.1) is 10.1 Å². The van der Waals surface area contributed by atoms with Crippen LogP contribution in [0.15, 0.2) is 36.5 Å². The minimum absolute atomic E-state index is 0.313. The highest BCUT2D eigenvalue weighted by Crippen LogP contribution is 2.14. The van der Waals surface area contributed by atoms with Crippen LogP contribution in [0.2, 0.25) is 0 Å². The Morgan fingerprint density at radius 1 is 1.21 bits per heavy atom. The van der Waals surface area contributed by atoms with E-state index in [1.165, 1.54) is 6.20 Å². The maximum Gasteiger partial charge on any atom is 0.435 e. The monoisotopic (exact) mass is 255 g/mol.